The van der Waals surface area contributed by atoms with Gasteiger partial charge in [0.1, 0.15) is 12.7 Å². The number of halogens is 2. The fraction of sp³-hybridized carbons (Fsp3) is 0.417. The average molecular weight is 978 g/mol. The first kappa shape index (κ1) is 50.6. The molecule has 0 amide bonds. The minimum Gasteiger partial charge on any atom is -0.315 e. The maximum absolute atomic E-state index is 13.2. The third-order valence-electron chi connectivity index (χ3n) is 11.9. The van der Waals surface area contributed by atoms with Gasteiger partial charge < -0.3 is 14.5 Å². The van der Waals surface area contributed by atoms with Crippen LogP contribution in [0.5, 0.6) is 0 Å². The van der Waals surface area contributed by atoms with Gasteiger partial charge in [0, 0.05) is 46.8 Å². The molecule has 4 aromatic carbocycles. The molecule has 354 valence electrons. The van der Waals surface area contributed by atoms with E-state index in [9.17, 15) is 16.8 Å². The molecule has 2 aromatic heterocycles. The van der Waals surface area contributed by atoms with Gasteiger partial charge in [0.2, 0.25) is 0 Å². The van der Waals surface area contributed by atoms with Gasteiger partial charge in [-0.2, -0.15) is 0 Å². The van der Waals surface area contributed by atoms with Gasteiger partial charge in [-0.3, -0.25) is 14.3 Å². The van der Waals surface area contributed by atoms with Crippen LogP contribution in [0.1, 0.15) is 98.9 Å². The molecule has 0 spiro atoms. The zero-order valence-electron chi connectivity index (χ0n) is 38.0. The number of hydrogen-bond donors (Lipinski definition) is 3. The van der Waals surface area contributed by atoms with E-state index >= 15 is 0 Å². The lowest BCUT2D eigenvalue weighted by Gasteiger charge is -2.21. The molecule has 18 heteroatoms. The van der Waals surface area contributed by atoms with Gasteiger partial charge in [-0.25, -0.2) is 16.8 Å². The lowest BCUT2D eigenvalue weighted by molar-refractivity contribution is 0.265. The first-order valence-corrected chi connectivity index (χ1v) is 25.4. The second-order valence-corrected chi connectivity index (χ2v) is 23.2. The van der Waals surface area contributed by atoms with E-state index in [2.05, 4.69) is 95.4 Å². The van der Waals surface area contributed by atoms with Crippen molar-refractivity contribution < 1.29 is 16.8 Å². The van der Waals surface area contributed by atoms with E-state index in [0.717, 1.165) is 50.1 Å². The van der Waals surface area contributed by atoms with Crippen molar-refractivity contribution in [2.24, 2.45) is 0 Å². The number of likely N-dealkylation sites (tertiary alicyclic amines) is 1. The number of anilines is 2. The Kier molecular flexibility index (Phi) is 15.5. The topological polar surface area (TPSA) is 169 Å². The van der Waals surface area contributed by atoms with E-state index in [0.29, 0.717) is 50.2 Å². The van der Waals surface area contributed by atoms with Gasteiger partial charge in [0.15, 0.2) is 11.6 Å². The summed E-state index contributed by atoms with van der Waals surface area (Å²) in [7, 11) is -7.61. The minimum atomic E-state index is -3.81. The molecule has 2 unspecified atom stereocenters. The standard InChI is InChI=1S/C25H32ClN5O2S.C22H26ClN5O2S.CH4/c1-17(2)30-13-12-20(15-30)31-16-27-28-24(31)22-14-19(26)8-11-23(22)29-34(32,33)21-9-6-18(7-10-21)25(3,4)5;1-22(2,3)15-4-7-18(8-5-15)31(29,30)27-20-9-6-16(23)12-19(20)21-26-25-14-28(21)17-10-11-24-13-17;/h6-11,14,16-17,20,29H,12-13,15H2,1-5H3;4-9,12,14,17,24,27H,10-11,13H2,1-3H3;1H4. The molecule has 14 nitrogen and oxygen atoms in total. The Hall–Kier alpha value is -4.84. The molecular formula is C48H62Cl2N10O4S2. The fourth-order valence-corrected chi connectivity index (χ4v) is 10.5. The lowest BCUT2D eigenvalue weighted by atomic mass is 9.87. The van der Waals surface area contributed by atoms with Crippen molar-refractivity contribution in [1.82, 2.24) is 39.7 Å². The minimum absolute atomic E-state index is 0. The van der Waals surface area contributed by atoms with Gasteiger partial charge in [-0.1, -0.05) is 96.4 Å². The van der Waals surface area contributed by atoms with E-state index in [4.69, 9.17) is 23.2 Å². The number of sulfonamides is 2. The van der Waals surface area contributed by atoms with Crippen LogP contribution in [-0.4, -0.2) is 83.5 Å². The third kappa shape index (κ3) is 11.6. The van der Waals surface area contributed by atoms with Gasteiger partial charge in [-0.05, 0) is 116 Å². The molecule has 0 aliphatic carbocycles. The molecule has 4 heterocycles. The molecular weight excluding hydrogens is 916 g/mol. The Morgan fingerprint density at radius 2 is 1.09 bits per heavy atom. The molecule has 2 aliphatic rings. The maximum Gasteiger partial charge on any atom is 0.261 e. The van der Waals surface area contributed by atoms with Crippen LogP contribution >= 0.6 is 23.2 Å². The highest BCUT2D eigenvalue weighted by Gasteiger charge is 2.29. The van der Waals surface area contributed by atoms with Gasteiger partial charge >= 0.3 is 0 Å². The Bertz CT molecular complexity index is 2830. The monoisotopic (exact) mass is 976 g/mol. The van der Waals surface area contributed by atoms with E-state index in [-0.39, 0.29) is 40.1 Å². The number of benzene rings is 4. The molecule has 0 saturated carbocycles. The second-order valence-electron chi connectivity index (χ2n) is 18.9. The van der Waals surface area contributed by atoms with Crippen LogP contribution < -0.4 is 14.8 Å². The summed E-state index contributed by atoms with van der Waals surface area (Å²) < 4.78 is 62.2. The summed E-state index contributed by atoms with van der Waals surface area (Å²) in [5.41, 5.74) is 4.03. The first-order chi connectivity index (χ1) is 30.6. The number of rotatable bonds is 11. The SMILES string of the molecule is C.CC(C)(C)c1ccc(S(=O)(=O)Nc2ccc(Cl)cc2-c2nncn2C2CCNC2)cc1.CC(C)N1CCC(n2cnnc2-c2cc(Cl)ccc2NS(=O)(=O)c2ccc(C(C)(C)C)cc2)C1. The molecule has 0 radical (unpaired) electrons. The van der Waals surface area contributed by atoms with Crippen molar-refractivity contribution in [3.8, 4) is 22.8 Å². The van der Waals surface area contributed by atoms with Gasteiger partial charge in [-0.15, -0.1) is 20.4 Å². The highest BCUT2D eigenvalue weighted by Crippen LogP contribution is 2.36. The summed E-state index contributed by atoms with van der Waals surface area (Å²) in [5.74, 6) is 1.18. The number of nitrogens with one attached hydrogen (secondary N) is 3. The molecule has 2 saturated heterocycles. The van der Waals surface area contributed by atoms with Crippen LogP contribution in [0.15, 0.2) is 107 Å². The summed E-state index contributed by atoms with van der Waals surface area (Å²) in [6.45, 7) is 20.5. The largest absolute Gasteiger partial charge is 0.315 e. The van der Waals surface area contributed by atoms with Crippen LogP contribution in [0.2, 0.25) is 10.0 Å². The molecule has 8 rings (SSSR count). The fourth-order valence-electron chi connectivity index (χ4n) is 8.00. The lowest BCUT2D eigenvalue weighted by Crippen LogP contribution is -2.28. The zero-order valence-corrected chi connectivity index (χ0v) is 41.2. The van der Waals surface area contributed by atoms with Crippen molar-refractivity contribution >= 4 is 54.6 Å². The predicted molar refractivity (Wildman–Crippen MR) is 266 cm³/mol. The van der Waals surface area contributed by atoms with Gasteiger partial charge in [0.05, 0.1) is 33.2 Å². The molecule has 2 aliphatic heterocycles. The highest BCUT2D eigenvalue weighted by atomic mass is 35.5. The maximum atomic E-state index is 13.2. The number of aromatic nitrogens is 6. The summed E-state index contributed by atoms with van der Waals surface area (Å²) >= 11 is 12.6. The Morgan fingerprint density at radius 3 is 1.47 bits per heavy atom. The van der Waals surface area contributed by atoms with Crippen molar-refractivity contribution in [3.63, 3.8) is 0 Å². The molecule has 2 atom stereocenters. The highest BCUT2D eigenvalue weighted by molar-refractivity contribution is 7.93. The Balaban J connectivity index is 0.000000216. The second kappa shape index (κ2) is 20.2. The van der Waals surface area contributed by atoms with Crippen LogP contribution in [0.4, 0.5) is 11.4 Å². The van der Waals surface area contributed by atoms with Crippen molar-refractivity contribution in [1.29, 1.82) is 0 Å². The predicted octanol–water partition coefficient (Wildman–Crippen LogP) is 10.2. The van der Waals surface area contributed by atoms with E-state index in [1.165, 1.54) is 0 Å². The molecule has 6 aromatic rings. The third-order valence-corrected chi connectivity index (χ3v) is 15.1. The van der Waals surface area contributed by atoms with E-state index in [1.54, 1.807) is 73.3 Å². The zero-order chi connectivity index (χ0) is 46.9. The first-order valence-electron chi connectivity index (χ1n) is 21.7. The smallest absolute Gasteiger partial charge is 0.261 e. The van der Waals surface area contributed by atoms with Crippen LogP contribution in [0.3, 0.4) is 0 Å². The van der Waals surface area contributed by atoms with Crippen LogP contribution in [0, 0.1) is 0 Å². The summed E-state index contributed by atoms with van der Waals surface area (Å²) in [5, 5.41) is 21.1. The van der Waals surface area contributed by atoms with Crippen molar-refractivity contribution in [2.45, 2.75) is 114 Å². The number of nitrogens with zero attached hydrogens (tertiary/aromatic N) is 7. The van der Waals surface area contributed by atoms with E-state index in [1.807, 2.05) is 33.4 Å². The van der Waals surface area contributed by atoms with Crippen molar-refractivity contribution in [2.75, 3.05) is 35.6 Å². The molecule has 66 heavy (non-hydrogen) atoms. The van der Waals surface area contributed by atoms with Crippen LogP contribution in [-0.2, 0) is 30.9 Å². The Morgan fingerprint density at radius 1 is 0.652 bits per heavy atom. The van der Waals surface area contributed by atoms with Crippen molar-refractivity contribution in [3.05, 3.63) is 119 Å². The summed E-state index contributed by atoms with van der Waals surface area (Å²) in [6, 6.07) is 24.9. The van der Waals surface area contributed by atoms with E-state index < -0.39 is 20.0 Å². The van der Waals surface area contributed by atoms with Crippen LogP contribution in [0.25, 0.3) is 22.8 Å². The molecule has 3 N–H and O–H groups in total. The molecule has 0 bridgehead atoms. The molecule has 2 fully saturated rings. The average Bonchev–Trinajstić information content (AvgIpc) is 4.09. The Labute approximate surface area is 400 Å². The normalized spacial score (nSPS) is 17.0. The summed E-state index contributed by atoms with van der Waals surface area (Å²) in [6.07, 6.45) is 5.32. The summed E-state index contributed by atoms with van der Waals surface area (Å²) in [4.78, 5) is 2.81. The van der Waals surface area contributed by atoms with Gasteiger partial charge in [0.25, 0.3) is 20.0 Å². The quantitative estimate of drug-likeness (QED) is 0.114. The number of hydrogen-bond acceptors (Lipinski definition) is 10.